The van der Waals surface area contributed by atoms with Gasteiger partial charge in [-0.05, 0) is 26.0 Å². The highest BCUT2D eigenvalue weighted by Crippen LogP contribution is 2.16. The maximum absolute atomic E-state index is 11.6. The van der Waals surface area contributed by atoms with E-state index in [0.717, 1.165) is 11.3 Å². The maximum Gasteiger partial charge on any atom is 0.249 e. The zero-order valence-electron chi connectivity index (χ0n) is 8.84. The second kappa shape index (κ2) is 3.81. The Balaban J connectivity index is 2.27. The molecule has 0 bridgehead atoms. The third-order valence-corrected chi connectivity index (χ3v) is 2.29. The topological polar surface area (TPSA) is 45.6 Å². The van der Waals surface area contributed by atoms with Crippen LogP contribution in [0.3, 0.4) is 0 Å². The van der Waals surface area contributed by atoms with Crippen LogP contribution in [-0.2, 0) is 4.79 Å². The molecule has 1 aliphatic heterocycles. The van der Waals surface area contributed by atoms with E-state index in [1.807, 2.05) is 26.0 Å². The largest absolute Gasteiger partial charge is 0.273 e. The SMILES string of the molecule is CC(C)N1N=C(c2cccnc2)CC1=O. The summed E-state index contributed by atoms with van der Waals surface area (Å²) in [7, 11) is 0. The van der Waals surface area contributed by atoms with Crippen LogP contribution < -0.4 is 0 Å². The Kier molecular flexibility index (Phi) is 2.49. The molecule has 1 aromatic heterocycles. The number of hydrazone groups is 1. The predicted octanol–water partition coefficient (Wildman–Crippen LogP) is 1.43. The van der Waals surface area contributed by atoms with Crippen LogP contribution in [0, 0.1) is 0 Å². The van der Waals surface area contributed by atoms with Crippen LogP contribution in [0.2, 0.25) is 0 Å². The molecule has 1 amide bonds. The number of pyridine rings is 1. The van der Waals surface area contributed by atoms with Crippen LogP contribution in [0.5, 0.6) is 0 Å². The van der Waals surface area contributed by atoms with Crippen molar-refractivity contribution in [1.29, 1.82) is 0 Å². The number of hydrogen-bond acceptors (Lipinski definition) is 3. The number of rotatable bonds is 2. The van der Waals surface area contributed by atoms with Crippen LogP contribution >= 0.6 is 0 Å². The standard InChI is InChI=1S/C11H13N3O/c1-8(2)14-11(15)6-10(13-14)9-4-3-5-12-7-9/h3-5,7-8H,6H2,1-2H3. The molecule has 78 valence electrons. The minimum absolute atomic E-state index is 0.0591. The molecule has 2 heterocycles. The smallest absolute Gasteiger partial charge is 0.249 e. The Morgan fingerprint density at radius 2 is 2.27 bits per heavy atom. The van der Waals surface area contributed by atoms with E-state index in [2.05, 4.69) is 10.1 Å². The summed E-state index contributed by atoms with van der Waals surface area (Å²) in [5, 5.41) is 5.83. The van der Waals surface area contributed by atoms with Gasteiger partial charge in [0.25, 0.3) is 0 Å². The molecule has 0 unspecified atom stereocenters. The van der Waals surface area contributed by atoms with Gasteiger partial charge in [0.05, 0.1) is 12.1 Å². The highest BCUT2D eigenvalue weighted by Gasteiger charge is 2.26. The highest BCUT2D eigenvalue weighted by atomic mass is 16.2. The zero-order chi connectivity index (χ0) is 10.8. The molecule has 0 aromatic carbocycles. The quantitative estimate of drug-likeness (QED) is 0.729. The Hall–Kier alpha value is -1.71. The minimum Gasteiger partial charge on any atom is -0.273 e. The van der Waals surface area contributed by atoms with Gasteiger partial charge in [-0.2, -0.15) is 5.10 Å². The molecular weight excluding hydrogens is 190 g/mol. The fourth-order valence-electron chi connectivity index (χ4n) is 1.54. The molecule has 0 saturated carbocycles. The molecule has 15 heavy (non-hydrogen) atoms. The molecule has 0 atom stereocenters. The lowest BCUT2D eigenvalue weighted by Crippen LogP contribution is -2.27. The minimum atomic E-state index is 0.0591. The van der Waals surface area contributed by atoms with Crippen LogP contribution in [-0.4, -0.2) is 27.7 Å². The lowest BCUT2D eigenvalue weighted by Gasteiger charge is -2.15. The molecule has 0 N–H and O–H groups in total. The van der Waals surface area contributed by atoms with Crippen molar-refractivity contribution >= 4 is 11.6 Å². The molecular formula is C11H13N3O. The monoisotopic (exact) mass is 203 g/mol. The van der Waals surface area contributed by atoms with Crippen LogP contribution in [0.4, 0.5) is 0 Å². The molecule has 0 fully saturated rings. The summed E-state index contributed by atoms with van der Waals surface area (Å²) in [6, 6.07) is 3.88. The first kappa shape index (κ1) is 9.83. The van der Waals surface area contributed by atoms with E-state index in [-0.39, 0.29) is 11.9 Å². The van der Waals surface area contributed by atoms with Gasteiger partial charge in [0.2, 0.25) is 5.91 Å². The predicted molar refractivity (Wildman–Crippen MR) is 57.4 cm³/mol. The summed E-state index contributed by atoms with van der Waals surface area (Å²) < 4.78 is 0. The Bertz CT molecular complexity index is 398. The number of nitrogens with zero attached hydrogens (tertiary/aromatic N) is 3. The van der Waals surface area contributed by atoms with Gasteiger partial charge in [0, 0.05) is 24.0 Å². The summed E-state index contributed by atoms with van der Waals surface area (Å²) in [5.74, 6) is 0.0591. The third kappa shape index (κ3) is 1.88. The van der Waals surface area contributed by atoms with Gasteiger partial charge in [-0.1, -0.05) is 0 Å². The van der Waals surface area contributed by atoms with Crippen molar-refractivity contribution in [2.75, 3.05) is 0 Å². The van der Waals surface area contributed by atoms with Gasteiger partial charge < -0.3 is 0 Å². The van der Waals surface area contributed by atoms with Gasteiger partial charge in [-0.25, -0.2) is 5.01 Å². The Morgan fingerprint density at radius 3 is 2.80 bits per heavy atom. The molecule has 1 aromatic rings. The molecule has 4 nitrogen and oxygen atoms in total. The van der Waals surface area contributed by atoms with E-state index >= 15 is 0 Å². The summed E-state index contributed by atoms with van der Waals surface area (Å²) in [4.78, 5) is 15.6. The maximum atomic E-state index is 11.6. The molecule has 1 aliphatic rings. The van der Waals surface area contributed by atoms with Crippen molar-refractivity contribution in [1.82, 2.24) is 9.99 Å². The van der Waals surface area contributed by atoms with Gasteiger partial charge in [0.15, 0.2) is 0 Å². The molecule has 0 saturated heterocycles. The van der Waals surface area contributed by atoms with E-state index < -0.39 is 0 Å². The van der Waals surface area contributed by atoms with Gasteiger partial charge in [0.1, 0.15) is 0 Å². The van der Waals surface area contributed by atoms with Crippen molar-refractivity contribution in [2.45, 2.75) is 26.3 Å². The lowest BCUT2D eigenvalue weighted by atomic mass is 10.1. The van der Waals surface area contributed by atoms with Gasteiger partial charge >= 0.3 is 0 Å². The summed E-state index contributed by atoms with van der Waals surface area (Å²) in [5.41, 5.74) is 1.73. The van der Waals surface area contributed by atoms with Crippen molar-refractivity contribution in [3.63, 3.8) is 0 Å². The number of carbonyl (C=O) groups excluding carboxylic acids is 1. The fraction of sp³-hybridized carbons (Fsp3) is 0.364. The number of hydrogen-bond donors (Lipinski definition) is 0. The van der Waals surface area contributed by atoms with E-state index in [1.54, 1.807) is 12.4 Å². The summed E-state index contributed by atoms with van der Waals surface area (Å²) in [6.45, 7) is 3.90. The number of aromatic nitrogens is 1. The van der Waals surface area contributed by atoms with Crippen molar-refractivity contribution in [2.24, 2.45) is 5.10 Å². The summed E-state index contributed by atoms with van der Waals surface area (Å²) in [6.07, 6.45) is 3.82. The number of carbonyl (C=O) groups is 1. The van der Waals surface area contributed by atoms with E-state index in [1.165, 1.54) is 5.01 Å². The summed E-state index contributed by atoms with van der Waals surface area (Å²) >= 11 is 0. The molecule has 4 heteroatoms. The Labute approximate surface area is 88.6 Å². The van der Waals surface area contributed by atoms with E-state index in [0.29, 0.717) is 6.42 Å². The van der Waals surface area contributed by atoms with Crippen LogP contribution in [0.15, 0.2) is 29.6 Å². The highest BCUT2D eigenvalue weighted by molar-refractivity contribution is 6.13. The van der Waals surface area contributed by atoms with Gasteiger partial charge in [-0.3, -0.25) is 9.78 Å². The first-order valence-electron chi connectivity index (χ1n) is 4.98. The Morgan fingerprint density at radius 1 is 1.47 bits per heavy atom. The lowest BCUT2D eigenvalue weighted by molar-refractivity contribution is -0.130. The van der Waals surface area contributed by atoms with Crippen LogP contribution in [0.1, 0.15) is 25.8 Å². The van der Waals surface area contributed by atoms with Crippen LogP contribution in [0.25, 0.3) is 0 Å². The molecule has 2 rings (SSSR count). The molecule has 0 aliphatic carbocycles. The second-order valence-corrected chi connectivity index (χ2v) is 3.80. The first-order chi connectivity index (χ1) is 7.18. The normalized spacial score (nSPS) is 16.1. The fourth-order valence-corrected chi connectivity index (χ4v) is 1.54. The van der Waals surface area contributed by atoms with Crippen molar-refractivity contribution < 1.29 is 4.79 Å². The average Bonchev–Trinajstić information content (AvgIpc) is 2.62. The van der Waals surface area contributed by atoms with Crippen molar-refractivity contribution in [3.8, 4) is 0 Å². The first-order valence-corrected chi connectivity index (χ1v) is 4.98. The van der Waals surface area contributed by atoms with E-state index in [4.69, 9.17) is 0 Å². The molecule has 0 spiro atoms. The zero-order valence-corrected chi connectivity index (χ0v) is 8.84. The average molecular weight is 203 g/mol. The second-order valence-electron chi connectivity index (χ2n) is 3.80. The number of amides is 1. The third-order valence-electron chi connectivity index (χ3n) is 2.29. The van der Waals surface area contributed by atoms with E-state index in [9.17, 15) is 4.79 Å². The molecule has 0 radical (unpaired) electrons. The van der Waals surface area contributed by atoms with Crippen molar-refractivity contribution in [3.05, 3.63) is 30.1 Å². The van der Waals surface area contributed by atoms with Gasteiger partial charge in [-0.15, -0.1) is 0 Å².